The van der Waals surface area contributed by atoms with Gasteiger partial charge in [-0.2, -0.15) is 0 Å². The molecule has 8 heteroatoms. The van der Waals surface area contributed by atoms with Gasteiger partial charge in [0, 0.05) is 18.4 Å². The fourth-order valence-electron chi connectivity index (χ4n) is 3.43. The third-order valence-corrected chi connectivity index (χ3v) is 5.81. The van der Waals surface area contributed by atoms with E-state index in [0.29, 0.717) is 12.2 Å². The molecule has 3 aromatic rings. The van der Waals surface area contributed by atoms with E-state index >= 15 is 0 Å². The van der Waals surface area contributed by atoms with Gasteiger partial charge >= 0.3 is 5.97 Å². The van der Waals surface area contributed by atoms with E-state index in [1.54, 1.807) is 23.7 Å². The van der Waals surface area contributed by atoms with Crippen molar-refractivity contribution in [1.29, 1.82) is 0 Å². The topological polar surface area (TPSA) is 96.3 Å². The zero-order chi connectivity index (χ0) is 23.3. The molecule has 1 aromatic carbocycles. The normalized spacial score (nSPS) is 12.7. The number of amides is 1. The Bertz CT molecular complexity index is 901. The van der Waals surface area contributed by atoms with Gasteiger partial charge in [0.2, 0.25) is 6.41 Å². The highest BCUT2D eigenvalue weighted by molar-refractivity contribution is 7.15. The number of aryl methyl sites for hydroxylation is 1. The smallest absolute Gasteiger partial charge is 0.323 e. The van der Waals surface area contributed by atoms with Crippen molar-refractivity contribution in [2.24, 2.45) is 0 Å². The Morgan fingerprint density at radius 2 is 1.75 bits per heavy atom. The number of carbonyl (C=O) groups excluding carboxylic acids is 1. The number of benzene rings is 1. The number of rotatable bonds is 6. The van der Waals surface area contributed by atoms with Gasteiger partial charge in [-0.3, -0.25) is 9.59 Å². The maximum absolute atomic E-state index is 10.5. The molecule has 0 saturated heterocycles. The highest BCUT2D eigenvalue weighted by atomic mass is 32.1. The van der Waals surface area contributed by atoms with Gasteiger partial charge in [-0.05, 0) is 31.4 Å². The molecule has 0 aliphatic heterocycles. The molecular formula is C24H30N4O3S. The number of carboxylic acid groups (broad SMARTS) is 1. The number of carbonyl (C=O) groups is 2. The number of nitrogens with zero attached hydrogens (tertiary/aromatic N) is 4. The summed E-state index contributed by atoms with van der Waals surface area (Å²) in [6, 6.07) is 12.2. The number of hydrogen-bond donors (Lipinski definition) is 1. The van der Waals surface area contributed by atoms with Crippen LogP contribution in [0.1, 0.15) is 44.5 Å². The first kappa shape index (κ1) is 25.1. The Balaban J connectivity index is 0.000000227. The number of aliphatic carboxylic acids is 1. The second kappa shape index (κ2) is 13.3. The van der Waals surface area contributed by atoms with Crippen LogP contribution in [-0.2, 0) is 9.59 Å². The molecule has 170 valence electrons. The molecule has 7 nitrogen and oxygen atoms in total. The van der Waals surface area contributed by atoms with Crippen LogP contribution in [0.2, 0.25) is 0 Å². The molecule has 4 rings (SSSR count). The molecule has 1 amide bonds. The number of hydrogen-bond acceptors (Lipinski definition) is 6. The molecular weight excluding hydrogens is 424 g/mol. The van der Waals surface area contributed by atoms with Crippen LogP contribution in [0.3, 0.4) is 0 Å². The molecule has 1 aliphatic rings. The van der Waals surface area contributed by atoms with Crippen LogP contribution in [0.5, 0.6) is 0 Å². The largest absolute Gasteiger partial charge is 0.480 e. The molecule has 1 saturated carbocycles. The summed E-state index contributed by atoms with van der Waals surface area (Å²) in [5, 5.41) is 9.50. The maximum atomic E-state index is 10.5. The maximum Gasteiger partial charge on any atom is 0.323 e. The van der Waals surface area contributed by atoms with E-state index in [2.05, 4.69) is 27.1 Å². The fraction of sp³-hybridized carbons (Fsp3) is 0.375. The Hall–Kier alpha value is -3.13. The Labute approximate surface area is 193 Å². The lowest BCUT2D eigenvalue weighted by Crippen LogP contribution is -2.36. The van der Waals surface area contributed by atoms with Crippen molar-refractivity contribution >= 4 is 23.7 Å². The molecule has 2 aromatic heterocycles. The first-order chi connectivity index (χ1) is 15.6. The summed E-state index contributed by atoms with van der Waals surface area (Å²) in [6.07, 6.45) is 8.24. The van der Waals surface area contributed by atoms with Gasteiger partial charge in [-0.1, -0.05) is 57.0 Å². The summed E-state index contributed by atoms with van der Waals surface area (Å²) in [5.41, 5.74) is 2.02. The predicted octanol–water partition coefficient (Wildman–Crippen LogP) is 5.07. The van der Waals surface area contributed by atoms with Gasteiger partial charge in [-0.25, -0.2) is 15.0 Å². The summed E-state index contributed by atoms with van der Waals surface area (Å²) in [6.45, 7) is 5.84. The molecule has 0 spiro atoms. The third-order valence-electron chi connectivity index (χ3n) is 4.79. The molecule has 1 aliphatic carbocycles. The standard InChI is InChI=1S/C14H11N3S.C8H13NO3.C2H6/c1-10-17-12(14-15-8-5-9-16-14)13(18-10)11-6-3-2-4-7-11;10-6-9(5-8(11)12)7-3-1-2-4-7;1-2/h2-9H,1H3;6-7H,1-5H2,(H,11,12);1-2H3. The quantitative estimate of drug-likeness (QED) is 0.522. The van der Waals surface area contributed by atoms with E-state index in [1.807, 2.05) is 45.0 Å². The van der Waals surface area contributed by atoms with Crippen LogP contribution in [0.25, 0.3) is 22.0 Å². The van der Waals surface area contributed by atoms with Crippen molar-refractivity contribution in [3.8, 4) is 22.0 Å². The summed E-state index contributed by atoms with van der Waals surface area (Å²) in [7, 11) is 0. The highest BCUT2D eigenvalue weighted by Gasteiger charge is 2.22. The van der Waals surface area contributed by atoms with Gasteiger partial charge in [0.15, 0.2) is 5.82 Å². The number of aromatic nitrogens is 3. The summed E-state index contributed by atoms with van der Waals surface area (Å²) >= 11 is 1.67. The predicted molar refractivity (Wildman–Crippen MR) is 127 cm³/mol. The number of thiazole rings is 1. The first-order valence-corrected chi connectivity index (χ1v) is 11.6. The van der Waals surface area contributed by atoms with E-state index in [1.165, 1.54) is 4.90 Å². The summed E-state index contributed by atoms with van der Waals surface area (Å²) in [4.78, 5) is 36.4. The average molecular weight is 455 g/mol. The Morgan fingerprint density at radius 1 is 1.12 bits per heavy atom. The molecule has 32 heavy (non-hydrogen) atoms. The molecule has 1 fully saturated rings. The van der Waals surface area contributed by atoms with Crippen molar-refractivity contribution in [1.82, 2.24) is 19.9 Å². The minimum absolute atomic E-state index is 0.159. The zero-order valence-corrected chi connectivity index (χ0v) is 19.6. The molecule has 2 heterocycles. The second-order valence-electron chi connectivity index (χ2n) is 6.96. The van der Waals surface area contributed by atoms with Gasteiger partial charge < -0.3 is 10.0 Å². The molecule has 0 unspecified atom stereocenters. The van der Waals surface area contributed by atoms with Gasteiger partial charge in [0.1, 0.15) is 12.2 Å². The van der Waals surface area contributed by atoms with Crippen molar-refractivity contribution in [3.05, 3.63) is 53.8 Å². The number of carboxylic acids is 1. The van der Waals surface area contributed by atoms with E-state index < -0.39 is 5.97 Å². The minimum atomic E-state index is -0.936. The van der Waals surface area contributed by atoms with Crippen LogP contribution in [-0.4, -0.2) is 49.9 Å². The van der Waals surface area contributed by atoms with E-state index in [-0.39, 0.29) is 12.6 Å². The average Bonchev–Trinajstić information content (AvgIpc) is 3.50. The van der Waals surface area contributed by atoms with E-state index in [0.717, 1.165) is 46.8 Å². The summed E-state index contributed by atoms with van der Waals surface area (Å²) < 4.78 is 0. The Morgan fingerprint density at radius 3 is 2.31 bits per heavy atom. The van der Waals surface area contributed by atoms with E-state index in [4.69, 9.17) is 5.11 Å². The van der Waals surface area contributed by atoms with E-state index in [9.17, 15) is 9.59 Å². The van der Waals surface area contributed by atoms with Crippen LogP contribution in [0.15, 0.2) is 48.8 Å². The van der Waals surface area contributed by atoms with Crippen LogP contribution >= 0.6 is 11.3 Å². The van der Waals surface area contributed by atoms with Crippen molar-refractivity contribution in [2.75, 3.05) is 6.54 Å². The monoisotopic (exact) mass is 454 g/mol. The third kappa shape index (κ3) is 7.23. The summed E-state index contributed by atoms with van der Waals surface area (Å²) in [5.74, 6) is -0.255. The second-order valence-corrected chi connectivity index (χ2v) is 8.16. The van der Waals surface area contributed by atoms with Crippen molar-refractivity contribution in [2.45, 2.75) is 52.5 Å². The molecule has 0 radical (unpaired) electrons. The molecule has 1 N–H and O–H groups in total. The minimum Gasteiger partial charge on any atom is -0.480 e. The van der Waals surface area contributed by atoms with Gasteiger partial charge in [-0.15, -0.1) is 11.3 Å². The van der Waals surface area contributed by atoms with Crippen LogP contribution < -0.4 is 0 Å². The highest BCUT2D eigenvalue weighted by Crippen LogP contribution is 2.34. The van der Waals surface area contributed by atoms with Gasteiger partial charge in [0.25, 0.3) is 0 Å². The van der Waals surface area contributed by atoms with Crippen LogP contribution in [0, 0.1) is 6.92 Å². The lowest BCUT2D eigenvalue weighted by Gasteiger charge is -2.21. The first-order valence-electron chi connectivity index (χ1n) is 10.8. The fourth-order valence-corrected chi connectivity index (χ4v) is 4.35. The SMILES string of the molecule is CC.Cc1nc(-c2ncccn2)c(-c2ccccc2)s1.O=CN(CC(=O)O)C1CCCC1. The molecule has 0 atom stereocenters. The van der Waals surface area contributed by atoms with Crippen LogP contribution in [0.4, 0.5) is 0 Å². The Kier molecular flexibility index (Phi) is 10.5. The van der Waals surface area contributed by atoms with Gasteiger partial charge in [0.05, 0.1) is 9.88 Å². The lowest BCUT2D eigenvalue weighted by atomic mass is 10.1. The van der Waals surface area contributed by atoms with Crippen molar-refractivity contribution in [3.63, 3.8) is 0 Å². The zero-order valence-electron chi connectivity index (χ0n) is 18.8. The van der Waals surface area contributed by atoms with Crippen molar-refractivity contribution < 1.29 is 14.7 Å². The lowest BCUT2D eigenvalue weighted by molar-refractivity contribution is -0.141. The molecule has 0 bridgehead atoms.